The molecule has 0 aliphatic carbocycles. The zero-order valence-corrected chi connectivity index (χ0v) is 63.4. The van der Waals surface area contributed by atoms with Crippen molar-refractivity contribution in [3.8, 4) is 0 Å². The van der Waals surface area contributed by atoms with Crippen LogP contribution in [0.2, 0.25) is 0 Å². The molecule has 3 unspecified atom stereocenters. The predicted molar refractivity (Wildman–Crippen MR) is 362 cm³/mol. The number of hydrogen-bond acceptors (Lipinski definition) is 0. The van der Waals surface area contributed by atoms with E-state index in [1.165, 1.54) is 0 Å². The van der Waals surface area contributed by atoms with Gasteiger partial charge in [-0.2, -0.15) is 0 Å². The van der Waals surface area contributed by atoms with Gasteiger partial charge in [-0.05, 0) is 170 Å². The van der Waals surface area contributed by atoms with Gasteiger partial charge in [0.25, 0.3) is 0 Å². The Morgan fingerprint density at radius 2 is 0.549 bits per heavy atom. The second kappa shape index (κ2) is 43.2. The van der Waals surface area contributed by atoms with Crippen molar-refractivity contribution in [1.29, 1.82) is 0 Å². The van der Waals surface area contributed by atoms with Crippen LogP contribution >= 0.6 is 0 Å². The van der Waals surface area contributed by atoms with Crippen LogP contribution < -0.4 is 0 Å². The number of alkyl halides is 7. The lowest BCUT2D eigenvalue weighted by molar-refractivity contribution is -0.0267. The Balaban J connectivity index is -0.000000160. The van der Waals surface area contributed by atoms with E-state index in [9.17, 15) is 30.7 Å². The first-order valence-corrected chi connectivity index (χ1v) is 34.5. The molecule has 0 aliphatic heterocycles. The summed E-state index contributed by atoms with van der Waals surface area (Å²) in [6.45, 7) is 77.4. The van der Waals surface area contributed by atoms with Crippen LogP contribution in [0.1, 0.15) is 353 Å². The van der Waals surface area contributed by atoms with Gasteiger partial charge in [0.2, 0.25) is 0 Å². The van der Waals surface area contributed by atoms with Crippen molar-refractivity contribution >= 4 is 0 Å². The lowest BCUT2D eigenvalue weighted by Gasteiger charge is -2.42. The van der Waals surface area contributed by atoms with Gasteiger partial charge in [-0.25, -0.2) is 30.7 Å². The van der Waals surface area contributed by atoms with Crippen LogP contribution in [0.5, 0.6) is 0 Å². The average molecular weight is 1190 g/mol. The summed E-state index contributed by atoms with van der Waals surface area (Å²) in [5.74, 6) is 3.25. The standard InChI is InChI=1S/2C12H25F.3C11H23F.C10H21F.C8H17F/c1-8(2)11(9(3)4)12(7,13)10(5)6;1-7-8-12(6,13)11(9(2)3)10(4)5;1-7-10(5,8-2)11(6,12)9(3)4;1-6-9-11(5,12)10(4,7-2)8-3;1-6-9(4)11(5,12)10(7-2)8-3;1-6-9(7-2)10(5,11)8(3)4;1-6(2)8(5,9)7(3)4/h8-11H,1-7H3;9-11H,7-8H2,1-6H3;9H,7-8H2,1-6H3;6-9H2,1-5H3;9-10H,6-8H2,1-5H3;8-9H,6-7H2,1-5H3;6-7H,1-5H3/t12-;;11-;;9?,11-;10-;/m0.0.00./s1. The quantitative estimate of drug-likeness (QED) is 0.0655. The Labute approximate surface area is 515 Å². The van der Waals surface area contributed by atoms with Crippen LogP contribution in [0.25, 0.3) is 0 Å². The van der Waals surface area contributed by atoms with E-state index in [0.717, 1.165) is 70.6 Å². The molecule has 0 rings (SSSR count). The molecule has 0 aliphatic rings. The monoisotopic (exact) mass is 1190 g/mol. The van der Waals surface area contributed by atoms with E-state index in [1.807, 2.05) is 90.0 Å². The van der Waals surface area contributed by atoms with E-state index in [0.29, 0.717) is 36.5 Å². The van der Waals surface area contributed by atoms with E-state index >= 15 is 0 Å². The molecule has 0 spiro atoms. The van der Waals surface area contributed by atoms with Gasteiger partial charge in [0, 0.05) is 10.8 Å². The van der Waals surface area contributed by atoms with Crippen LogP contribution in [0.15, 0.2) is 0 Å². The van der Waals surface area contributed by atoms with Gasteiger partial charge in [-0.15, -0.1) is 0 Å². The van der Waals surface area contributed by atoms with Crippen LogP contribution in [0.3, 0.4) is 0 Å². The topological polar surface area (TPSA) is 0 Å². The Morgan fingerprint density at radius 1 is 0.280 bits per heavy atom. The molecule has 0 N–H and O–H groups in total. The Hall–Kier alpha value is -0.490. The highest BCUT2D eigenvalue weighted by atomic mass is 19.2. The second-order valence-corrected chi connectivity index (χ2v) is 30.3. The third kappa shape index (κ3) is 32.1. The molecule has 0 aromatic heterocycles. The highest BCUT2D eigenvalue weighted by molar-refractivity contribution is 4.95. The summed E-state index contributed by atoms with van der Waals surface area (Å²) in [4.78, 5) is 0. The molecule has 0 nitrogen and oxygen atoms in total. The smallest absolute Gasteiger partial charge is 0.115 e. The molecule has 0 saturated carbocycles. The molecule has 0 bridgehead atoms. The number of rotatable bonds is 29. The first-order valence-electron chi connectivity index (χ1n) is 34.5. The minimum Gasteiger partial charge on any atom is -0.244 e. The van der Waals surface area contributed by atoms with E-state index in [-0.39, 0.29) is 70.0 Å². The second-order valence-electron chi connectivity index (χ2n) is 30.3. The normalized spacial score (nSPS) is 17.3. The van der Waals surface area contributed by atoms with Gasteiger partial charge < -0.3 is 0 Å². The van der Waals surface area contributed by atoms with Crippen molar-refractivity contribution in [2.45, 2.75) is 393 Å². The third-order valence-corrected chi connectivity index (χ3v) is 22.0. The lowest BCUT2D eigenvalue weighted by atomic mass is 9.67. The van der Waals surface area contributed by atoms with Gasteiger partial charge >= 0.3 is 0 Å². The summed E-state index contributed by atoms with van der Waals surface area (Å²) < 4.78 is 98.4. The van der Waals surface area contributed by atoms with Gasteiger partial charge in [-0.3, -0.25) is 0 Å². The molecule has 82 heavy (non-hydrogen) atoms. The van der Waals surface area contributed by atoms with Crippen molar-refractivity contribution in [2.75, 3.05) is 0 Å². The molecule has 0 amide bonds. The molecule has 506 valence electrons. The molecular weight excluding hydrogens is 1030 g/mol. The van der Waals surface area contributed by atoms with Crippen LogP contribution in [0.4, 0.5) is 30.7 Å². The fourth-order valence-electron chi connectivity index (χ4n) is 12.8. The van der Waals surface area contributed by atoms with Crippen molar-refractivity contribution in [3.05, 3.63) is 0 Å². The van der Waals surface area contributed by atoms with E-state index in [2.05, 4.69) is 132 Å². The van der Waals surface area contributed by atoms with Gasteiger partial charge in [0.1, 0.15) is 39.7 Å². The largest absolute Gasteiger partial charge is 0.244 e. The van der Waals surface area contributed by atoms with Gasteiger partial charge in [0.05, 0.1) is 0 Å². The van der Waals surface area contributed by atoms with Crippen molar-refractivity contribution < 1.29 is 30.7 Å². The molecule has 0 heterocycles. The molecule has 0 aromatic rings. The van der Waals surface area contributed by atoms with E-state index in [4.69, 9.17) is 0 Å². The van der Waals surface area contributed by atoms with Crippen molar-refractivity contribution in [2.24, 2.45) is 93.7 Å². The maximum atomic E-state index is 14.4. The maximum Gasteiger partial charge on any atom is 0.115 e. The zero-order chi connectivity index (χ0) is 67.8. The predicted octanol–water partition coefficient (Wildman–Crippen LogP) is 28.3. The van der Waals surface area contributed by atoms with E-state index in [1.54, 1.807) is 48.5 Å². The fourth-order valence-corrected chi connectivity index (χ4v) is 12.8. The summed E-state index contributed by atoms with van der Waals surface area (Å²) in [7, 11) is 0. The Kier molecular flexibility index (Phi) is 50.2. The van der Waals surface area contributed by atoms with Crippen molar-refractivity contribution in [3.63, 3.8) is 0 Å². The molecule has 0 aromatic carbocycles. The third-order valence-electron chi connectivity index (χ3n) is 22.0. The first-order chi connectivity index (χ1) is 36.6. The minimum absolute atomic E-state index is 0.0994. The Morgan fingerprint density at radius 3 is 0.695 bits per heavy atom. The lowest BCUT2D eigenvalue weighted by Crippen LogP contribution is -2.43. The fraction of sp³-hybridized carbons (Fsp3) is 1.00. The van der Waals surface area contributed by atoms with Crippen molar-refractivity contribution in [1.82, 2.24) is 0 Å². The van der Waals surface area contributed by atoms with Crippen LogP contribution in [-0.2, 0) is 0 Å². The first kappa shape index (κ1) is 95.2. The molecule has 0 radical (unpaired) electrons. The van der Waals surface area contributed by atoms with Crippen LogP contribution in [0, 0.1) is 93.7 Å². The minimum atomic E-state index is -1.05. The Bertz CT molecular complexity index is 1410. The highest BCUT2D eigenvalue weighted by Crippen LogP contribution is 2.46. The number of hydrogen-bond donors (Lipinski definition) is 0. The summed E-state index contributed by atoms with van der Waals surface area (Å²) in [6, 6.07) is 0. The molecule has 0 fully saturated rings. The summed E-state index contributed by atoms with van der Waals surface area (Å²) >= 11 is 0. The zero-order valence-electron chi connectivity index (χ0n) is 63.4. The highest BCUT2D eigenvalue weighted by Gasteiger charge is 2.45. The molecular formula is C75H157F7. The summed E-state index contributed by atoms with van der Waals surface area (Å²) in [5.41, 5.74) is -7.33. The average Bonchev–Trinajstić information content (AvgIpc) is 3.33. The van der Waals surface area contributed by atoms with Crippen LogP contribution in [-0.4, -0.2) is 39.7 Å². The maximum absolute atomic E-state index is 14.4. The number of halogens is 7. The molecule has 7 heteroatoms. The van der Waals surface area contributed by atoms with E-state index < -0.39 is 39.7 Å². The van der Waals surface area contributed by atoms with Gasteiger partial charge in [0.15, 0.2) is 0 Å². The molecule has 0 saturated heterocycles. The summed E-state index contributed by atoms with van der Waals surface area (Å²) in [6.07, 6.45) is 11.6. The molecule has 7 atom stereocenters. The van der Waals surface area contributed by atoms with Gasteiger partial charge in [-0.1, -0.05) is 267 Å². The summed E-state index contributed by atoms with van der Waals surface area (Å²) in [5, 5.41) is 0. The SMILES string of the molecule is CC(C)C(C(C)C)[C@@](C)(F)C(C)C.CC(C)C(C)(F)C(C)C.CCC(C)(CC)[C@@](C)(F)C(C)C.CCC(C)[C@](C)(F)C(CC)CC.CCC(CC)[C@@](C)(F)C(C)C.CCCC(C)(F)C(C(C)C)C(C)C.CCCC(C)(F)C(C)(CC)CC.